The molecule has 1 rings (SSSR count). The Morgan fingerprint density at radius 2 is 2.18 bits per heavy atom. The molecule has 3 heteroatoms. The van der Waals surface area contributed by atoms with Crippen LogP contribution in [0.5, 0.6) is 5.75 Å². The van der Waals surface area contributed by atoms with Crippen LogP contribution >= 0.6 is 11.6 Å². The molecule has 0 amide bonds. The number of ether oxygens (including phenoxy) is 1. The molecule has 0 bridgehead atoms. The van der Waals surface area contributed by atoms with Crippen LogP contribution in [0.25, 0.3) is 0 Å². The van der Waals surface area contributed by atoms with Crippen molar-refractivity contribution in [3.8, 4) is 5.75 Å². The van der Waals surface area contributed by atoms with E-state index in [4.69, 9.17) is 22.1 Å². The van der Waals surface area contributed by atoms with Crippen LogP contribution in [0, 0.1) is 0 Å². The zero-order chi connectivity index (χ0) is 12.8. The summed E-state index contributed by atoms with van der Waals surface area (Å²) < 4.78 is 5.71. The highest BCUT2D eigenvalue weighted by Gasteiger charge is 2.09. The minimum absolute atomic E-state index is 0.0701. The van der Waals surface area contributed by atoms with Gasteiger partial charge in [-0.1, -0.05) is 23.2 Å². The van der Waals surface area contributed by atoms with E-state index in [-0.39, 0.29) is 6.04 Å². The first-order valence-electron chi connectivity index (χ1n) is 5.80. The van der Waals surface area contributed by atoms with Crippen molar-refractivity contribution in [2.45, 2.75) is 33.2 Å². The summed E-state index contributed by atoms with van der Waals surface area (Å²) in [5, 5.41) is 0.719. The van der Waals surface area contributed by atoms with Gasteiger partial charge in [-0.05, 0) is 45.4 Å². The molecule has 2 nitrogen and oxygen atoms in total. The smallest absolute Gasteiger partial charge is 0.124 e. The van der Waals surface area contributed by atoms with E-state index in [2.05, 4.69) is 0 Å². The SMILES string of the molecule is CC(C)=CCOc1cccc(Cl)c1CC(C)N. The lowest BCUT2D eigenvalue weighted by molar-refractivity contribution is 0.357. The first kappa shape index (κ1) is 14.1. The molecule has 94 valence electrons. The van der Waals surface area contributed by atoms with E-state index in [1.807, 2.05) is 45.0 Å². The first-order valence-corrected chi connectivity index (χ1v) is 6.17. The van der Waals surface area contributed by atoms with Crippen molar-refractivity contribution in [3.05, 3.63) is 40.4 Å². The van der Waals surface area contributed by atoms with Gasteiger partial charge in [-0.15, -0.1) is 0 Å². The average Bonchev–Trinajstić information content (AvgIpc) is 2.22. The molecular weight excluding hydrogens is 234 g/mol. The van der Waals surface area contributed by atoms with Crippen molar-refractivity contribution in [1.82, 2.24) is 0 Å². The molecule has 0 heterocycles. The monoisotopic (exact) mass is 253 g/mol. The number of allylic oxidation sites excluding steroid dienone is 1. The summed E-state index contributed by atoms with van der Waals surface area (Å²) in [5.41, 5.74) is 8.04. The van der Waals surface area contributed by atoms with Gasteiger partial charge < -0.3 is 10.5 Å². The fourth-order valence-corrected chi connectivity index (χ4v) is 1.74. The Morgan fingerprint density at radius 3 is 2.76 bits per heavy atom. The normalized spacial score (nSPS) is 12.1. The van der Waals surface area contributed by atoms with Crippen molar-refractivity contribution < 1.29 is 4.74 Å². The van der Waals surface area contributed by atoms with Crippen molar-refractivity contribution in [2.75, 3.05) is 6.61 Å². The molecule has 0 aliphatic rings. The van der Waals surface area contributed by atoms with Gasteiger partial charge in [-0.25, -0.2) is 0 Å². The maximum absolute atomic E-state index is 6.16. The predicted molar refractivity (Wildman–Crippen MR) is 73.7 cm³/mol. The van der Waals surface area contributed by atoms with Gasteiger partial charge in [-0.2, -0.15) is 0 Å². The summed E-state index contributed by atoms with van der Waals surface area (Å²) in [6.45, 7) is 6.62. The molecule has 0 saturated carbocycles. The van der Waals surface area contributed by atoms with Crippen LogP contribution in [-0.2, 0) is 6.42 Å². The van der Waals surface area contributed by atoms with Crippen molar-refractivity contribution >= 4 is 11.6 Å². The second-order valence-corrected chi connectivity index (χ2v) is 4.90. The molecule has 0 radical (unpaired) electrons. The Kier molecular flexibility index (Phi) is 5.52. The largest absolute Gasteiger partial charge is 0.489 e. The number of rotatable bonds is 5. The van der Waals surface area contributed by atoms with Crippen LogP contribution in [0.2, 0.25) is 5.02 Å². The van der Waals surface area contributed by atoms with Crippen LogP contribution in [0.3, 0.4) is 0 Å². The van der Waals surface area contributed by atoms with Crippen LogP contribution in [0.4, 0.5) is 0 Å². The quantitative estimate of drug-likeness (QED) is 0.815. The minimum atomic E-state index is 0.0701. The third kappa shape index (κ3) is 4.80. The molecule has 0 spiro atoms. The average molecular weight is 254 g/mol. The number of nitrogens with two attached hydrogens (primary N) is 1. The minimum Gasteiger partial charge on any atom is -0.489 e. The van der Waals surface area contributed by atoms with Gasteiger partial charge in [0.1, 0.15) is 12.4 Å². The fourth-order valence-electron chi connectivity index (χ4n) is 1.49. The van der Waals surface area contributed by atoms with Gasteiger partial charge in [0.25, 0.3) is 0 Å². The molecule has 0 fully saturated rings. The zero-order valence-corrected chi connectivity index (χ0v) is 11.4. The van der Waals surface area contributed by atoms with E-state index in [0.717, 1.165) is 22.8 Å². The van der Waals surface area contributed by atoms with E-state index < -0.39 is 0 Å². The number of hydrogen-bond acceptors (Lipinski definition) is 2. The van der Waals surface area contributed by atoms with Gasteiger partial charge >= 0.3 is 0 Å². The van der Waals surface area contributed by atoms with Gasteiger partial charge in [-0.3, -0.25) is 0 Å². The standard InChI is InChI=1S/C14H20ClNO/c1-10(2)7-8-17-14-6-4-5-13(15)12(14)9-11(3)16/h4-7,11H,8-9,16H2,1-3H3. The van der Waals surface area contributed by atoms with Crippen molar-refractivity contribution in [3.63, 3.8) is 0 Å². The fraction of sp³-hybridized carbons (Fsp3) is 0.429. The van der Waals surface area contributed by atoms with Crippen molar-refractivity contribution in [2.24, 2.45) is 5.73 Å². The molecule has 2 N–H and O–H groups in total. The summed E-state index contributed by atoms with van der Waals surface area (Å²) in [7, 11) is 0. The Morgan fingerprint density at radius 1 is 1.47 bits per heavy atom. The van der Waals surface area contributed by atoms with Gasteiger partial charge in [0.05, 0.1) is 0 Å². The molecule has 0 saturated heterocycles. The van der Waals surface area contributed by atoms with E-state index in [0.29, 0.717) is 6.61 Å². The maximum atomic E-state index is 6.16. The number of hydrogen-bond donors (Lipinski definition) is 1. The molecule has 1 aromatic carbocycles. The predicted octanol–water partition coefficient (Wildman–Crippen LogP) is 3.57. The summed E-state index contributed by atoms with van der Waals surface area (Å²) in [6, 6.07) is 5.76. The van der Waals surface area contributed by atoms with Crippen LogP contribution in [0.1, 0.15) is 26.3 Å². The lowest BCUT2D eigenvalue weighted by Crippen LogP contribution is -2.18. The van der Waals surface area contributed by atoms with Gasteiger partial charge in [0.2, 0.25) is 0 Å². The molecule has 1 unspecified atom stereocenters. The van der Waals surface area contributed by atoms with Crippen molar-refractivity contribution in [1.29, 1.82) is 0 Å². The summed E-state index contributed by atoms with van der Waals surface area (Å²) in [6.07, 6.45) is 2.76. The Labute approximate surface area is 108 Å². The Balaban J connectivity index is 2.83. The molecule has 0 aliphatic heterocycles. The summed E-state index contributed by atoms with van der Waals surface area (Å²) >= 11 is 6.16. The second kappa shape index (κ2) is 6.67. The summed E-state index contributed by atoms with van der Waals surface area (Å²) in [5.74, 6) is 0.826. The lowest BCUT2D eigenvalue weighted by atomic mass is 10.1. The Hall–Kier alpha value is -0.990. The highest BCUT2D eigenvalue weighted by Crippen LogP contribution is 2.27. The highest BCUT2D eigenvalue weighted by atomic mass is 35.5. The zero-order valence-electron chi connectivity index (χ0n) is 10.7. The third-order valence-electron chi connectivity index (χ3n) is 2.33. The summed E-state index contributed by atoms with van der Waals surface area (Å²) in [4.78, 5) is 0. The van der Waals surface area contributed by atoms with E-state index in [1.165, 1.54) is 5.57 Å². The van der Waals surface area contributed by atoms with Gasteiger partial charge in [0, 0.05) is 16.6 Å². The maximum Gasteiger partial charge on any atom is 0.124 e. The molecule has 0 aromatic heterocycles. The molecule has 17 heavy (non-hydrogen) atoms. The van der Waals surface area contributed by atoms with Gasteiger partial charge in [0.15, 0.2) is 0 Å². The van der Waals surface area contributed by atoms with E-state index >= 15 is 0 Å². The number of benzene rings is 1. The molecule has 1 atom stereocenters. The third-order valence-corrected chi connectivity index (χ3v) is 2.69. The topological polar surface area (TPSA) is 35.2 Å². The second-order valence-electron chi connectivity index (χ2n) is 4.49. The Bertz CT molecular complexity index is 395. The first-order chi connectivity index (χ1) is 8.00. The van der Waals surface area contributed by atoms with Crippen LogP contribution in [0.15, 0.2) is 29.8 Å². The number of halogens is 1. The molecular formula is C14H20ClNO. The van der Waals surface area contributed by atoms with E-state index in [1.54, 1.807) is 0 Å². The lowest BCUT2D eigenvalue weighted by Gasteiger charge is -2.13. The van der Waals surface area contributed by atoms with Crippen LogP contribution < -0.4 is 10.5 Å². The molecule has 1 aromatic rings. The van der Waals surface area contributed by atoms with E-state index in [9.17, 15) is 0 Å². The van der Waals surface area contributed by atoms with Crippen LogP contribution in [-0.4, -0.2) is 12.6 Å². The molecule has 0 aliphatic carbocycles. The highest BCUT2D eigenvalue weighted by molar-refractivity contribution is 6.31.